The first-order valence-electron chi connectivity index (χ1n) is 28.0. The molecule has 0 aromatic rings. The van der Waals surface area contributed by atoms with Crippen LogP contribution in [0.3, 0.4) is 0 Å². The van der Waals surface area contributed by atoms with Crippen molar-refractivity contribution in [3.05, 3.63) is 0 Å². The van der Waals surface area contributed by atoms with Gasteiger partial charge in [0.15, 0.2) is 49.8 Å². The number of hydrogen-bond acceptors (Lipinski definition) is 36. The van der Waals surface area contributed by atoms with Gasteiger partial charge in [-0.2, -0.15) is 0 Å². The highest BCUT2D eigenvalue weighted by Crippen LogP contribution is 2.39. The number of aliphatic hydroxyl groups is 19. The Morgan fingerprint density at radius 3 is 0.690 bits per heavy atom. The molecule has 14 aliphatic heterocycles. The number of ether oxygens (including phenoxy) is 14. The predicted octanol–water partition coefficient (Wildman–Crippen LogP) is -14.9. The molecular weight excluding hydrogens is 1190 g/mol. The van der Waals surface area contributed by atoms with E-state index < -0.39 is 292 Å². The summed E-state index contributed by atoms with van der Waals surface area (Å²) < 4.78 is 82.2. The van der Waals surface area contributed by atoms with Crippen molar-refractivity contribution in [1.29, 1.82) is 0 Å². The van der Waals surface area contributed by atoms with Gasteiger partial charge in [-0.15, -0.1) is 0 Å². The lowest BCUT2D eigenvalue weighted by atomic mass is 9.95. The zero-order valence-corrected chi connectivity index (χ0v) is 46.4. The maximum Gasteiger partial charge on any atom is 0.219 e. The highest BCUT2D eigenvalue weighted by Gasteiger charge is 2.60. The normalized spacial score (nSPS) is 51.6. The number of carbonyl (C=O) groups excluding carboxylic acids is 3. The molecule has 14 fully saturated rings. The van der Waals surface area contributed by atoms with E-state index in [0.29, 0.717) is 0 Å². The predicted molar refractivity (Wildman–Crippen MR) is 264 cm³/mol. The van der Waals surface area contributed by atoms with E-state index in [1.807, 2.05) is 0 Å². The van der Waals surface area contributed by atoms with Crippen LogP contribution in [0.2, 0.25) is 0 Å². The number of ketones is 1. The standard InChI is InChI=1S/C49H78N2O36/c1-12(57)50-3-14(59)4-51(13(2)58)6-16-37-22(60)29(67)43(74-16)83-38-17(7-52)78-47(33(71)26(38)64)85-40-19(9-54)76-45(31(69)24(40)62)81-36-15(5-50)75-44(30(68)23(36)61)84-39-18(8-53)79-48(34(72)27(39)65)87-42-21(11-56)80-49(35(73)28(42)66)86-41-20(10-55)77-46(82-37)32(70)25(41)63/h15-49,52-56,60-73H,3-11H2,1-2H3/t15-,16-,17-,18-,19-,20-,21-,22-,23-,24-,25-,26-,27-,28-,29-,30-,31-,32-,33-,34-,35-,36-,37-,38-,39-,40-,41-,42-,43-,44-,45-,46-,47-,48-,49-/m1/s1. The molecule has 0 saturated carbocycles. The number of amides is 2. The Hall–Kier alpha value is -2.71. The van der Waals surface area contributed by atoms with Crippen LogP contribution in [-0.4, -0.2) is 399 Å². The maximum absolute atomic E-state index is 14.3. The minimum absolute atomic E-state index is 0.778. The van der Waals surface area contributed by atoms with Crippen molar-refractivity contribution in [2.45, 2.75) is 229 Å². The lowest BCUT2D eigenvalue weighted by Gasteiger charge is -2.50. The van der Waals surface area contributed by atoms with Crippen molar-refractivity contribution >= 4 is 17.6 Å². The molecule has 14 heterocycles. The minimum Gasteiger partial charge on any atom is -0.394 e. The molecule has 500 valence electrons. The molecule has 0 spiro atoms. The number of Topliss-reactive ketones (excluding diaryl/α,β-unsaturated/α-hetero) is 1. The summed E-state index contributed by atoms with van der Waals surface area (Å²) in [6.07, 6.45) is -73.7. The number of carbonyl (C=O) groups is 3. The number of fused-ring (bicyclic) bond motifs is 5. The van der Waals surface area contributed by atoms with Crippen LogP contribution in [-0.2, 0) is 80.7 Å². The molecule has 0 radical (unpaired) electrons. The van der Waals surface area contributed by atoms with Crippen LogP contribution in [0.15, 0.2) is 0 Å². The molecule has 0 aromatic carbocycles. The van der Waals surface area contributed by atoms with Gasteiger partial charge in [0.1, 0.15) is 171 Å². The highest BCUT2D eigenvalue weighted by atomic mass is 16.8. The number of nitrogens with zero attached hydrogens (tertiary/aromatic N) is 2. The molecule has 19 N–H and O–H groups in total. The lowest BCUT2D eigenvalue weighted by molar-refractivity contribution is -0.396. The summed E-state index contributed by atoms with van der Waals surface area (Å²) in [5.74, 6) is -2.84. The number of hydrogen-bond donors (Lipinski definition) is 19. The Labute approximate surface area is 492 Å². The van der Waals surface area contributed by atoms with Gasteiger partial charge in [0, 0.05) is 13.8 Å². The second kappa shape index (κ2) is 28.7. The van der Waals surface area contributed by atoms with Crippen LogP contribution >= 0.6 is 0 Å². The second-order valence-corrected chi connectivity index (χ2v) is 22.6. The molecule has 38 nitrogen and oxygen atoms in total. The van der Waals surface area contributed by atoms with Crippen LogP contribution in [0.4, 0.5) is 0 Å². The van der Waals surface area contributed by atoms with Gasteiger partial charge < -0.3 is 173 Å². The van der Waals surface area contributed by atoms with Crippen LogP contribution < -0.4 is 0 Å². The van der Waals surface area contributed by atoms with Crippen molar-refractivity contribution in [3.8, 4) is 0 Å². The smallest absolute Gasteiger partial charge is 0.219 e. The summed E-state index contributed by atoms with van der Waals surface area (Å²) in [7, 11) is 0. The van der Waals surface area contributed by atoms with E-state index in [1.54, 1.807) is 0 Å². The summed E-state index contributed by atoms with van der Waals surface area (Å²) in [6, 6.07) is 0. The number of rotatable bonds is 5. The van der Waals surface area contributed by atoms with Crippen LogP contribution in [0.1, 0.15) is 13.8 Å². The van der Waals surface area contributed by atoms with Gasteiger partial charge in [-0.1, -0.05) is 0 Å². The molecule has 14 bridgehead atoms. The Balaban J connectivity index is 1.15. The van der Waals surface area contributed by atoms with Gasteiger partial charge in [0.05, 0.1) is 59.2 Å². The van der Waals surface area contributed by atoms with E-state index in [1.165, 1.54) is 0 Å². The molecule has 87 heavy (non-hydrogen) atoms. The van der Waals surface area contributed by atoms with Crippen molar-refractivity contribution in [2.24, 2.45) is 0 Å². The fourth-order valence-corrected chi connectivity index (χ4v) is 11.9. The molecule has 0 aliphatic carbocycles. The maximum atomic E-state index is 14.3. The molecule has 14 rings (SSSR count). The molecule has 38 heteroatoms. The van der Waals surface area contributed by atoms with Gasteiger partial charge in [-0.05, 0) is 0 Å². The molecule has 2 amide bonds. The van der Waals surface area contributed by atoms with Crippen molar-refractivity contribution < 1.29 is 178 Å². The topological polar surface area (TPSA) is 571 Å². The first-order chi connectivity index (χ1) is 41.2. The third-order valence-corrected chi connectivity index (χ3v) is 16.8. The van der Waals surface area contributed by atoms with Gasteiger partial charge in [0.2, 0.25) is 11.8 Å². The van der Waals surface area contributed by atoms with Crippen LogP contribution in [0, 0.1) is 0 Å². The Morgan fingerprint density at radius 2 is 0.494 bits per heavy atom. The molecule has 35 atom stereocenters. The summed E-state index contributed by atoms with van der Waals surface area (Å²) >= 11 is 0. The van der Waals surface area contributed by atoms with E-state index in [9.17, 15) is 111 Å². The molecule has 14 aliphatic rings. The zero-order chi connectivity index (χ0) is 63.4. The van der Waals surface area contributed by atoms with E-state index >= 15 is 0 Å². The highest BCUT2D eigenvalue weighted by molar-refractivity contribution is 5.89. The third kappa shape index (κ3) is 13.9. The molecular formula is C49H78N2O36. The van der Waals surface area contributed by atoms with Crippen molar-refractivity contribution in [3.63, 3.8) is 0 Å². The Morgan fingerprint density at radius 1 is 0.310 bits per heavy atom. The summed E-state index contributed by atoms with van der Waals surface area (Å²) in [6.45, 7) is -7.22. The van der Waals surface area contributed by atoms with Crippen LogP contribution in [0.5, 0.6) is 0 Å². The third-order valence-electron chi connectivity index (χ3n) is 16.8. The van der Waals surface area contributed by atoms with E-state index in [2.05, 4.69) is 0 Å². The molecule has 0 aromatic heterocycles. The number of aliphatic hydroxyl groups excluding tert-OH is 19. The first-order valence-corrected chi connectivity index (χ1v) is 28.0. The minimum atomic E-state index is -2.34. The fraction of sp³-hybridized carbons (Fsp3) is 0.939. The van der Waals surface area contributed by atoms with Gasteiger partial charge in [-0.3, -0.25) is 14.4 Å². The van der Waals surface area contributed by atoms with Gasteiger partial charge in [-0.25, -0.2) is 0 Å². The largest absolute Gasteiger partial charge is 0.394 e. The molecule has 0 unspecified atom stereocenters. The van der Waals surface area contributed by atoms with E-state index in [-0.39, 0.29) is 0 Å². The zero-order valence-electron chi connectivity index (χ0n) is 46.4. The Kier molecular flexibility index (Phi) is 22.6. The van der Waals surface area contributed by atoms with E-state index in [0.717, 1.165) is 23.6 Å². The average molecular weight is 1270 g/mol. The first kappa shape index (κ1) is 68.7. The monoisotopic (exact) mass is 1270 g/mol. The van der Waals surface area contributed by atoms with Gasteiger partial charge in [0.25, 0.3) is 0 Å². The fourth-order valence-electron chi connectivity index (χ4n) is 11.9. The summed E-state index contributed by atoms with van der Waals surface area (Å²) in [4.78, 5) is 43.0. The van der Waals surface area contributed by atoms with Crippen molar-refractivity contribution in [2.75, 3.05) is 59.2 Å². The van der Waals surface area contributed by atoms with Crippen molar-refractivity contribution in [1.82, 2.24) is 9.80 Å². The van der Waals surface area contributed by atoms with E-state index in [4.69, 9.17) is 66.3 Å². The Bertz CT molecular complexity index is 2270. The quantitative estimate of drug-likeness (QED) is 0.122. The molecule has 14 saturated heterocycles. The second-order valence-electron chi connectivity index (χ2n) is 22.6. The SMILES string of the molecule is CC(=O)N1CC(=O)CN(C(C)=O)C[C@H]2O[C@@H]3O[C@H]4[C@H](O)[C@@H](O)[C@@H](O[C@H]5[C@H](O)[C@@H](O)[C@@H](O[C@H]6[C@H](O)[C@@H](O)[C@@H](O[C@H]7[C@H](O)[C@@H](O)[C@@H](O[C@H]8[C@H](O)[C@@H](O)[C@@H](O[C@H]9[C@H](O)[C@@H](O)[C@@H](O[C@H]2[C@H](O)[C@H]3O)O[C@@H]9CO)O[C@@H]8CO)O[C@@H]7C1)O[C@@H]6CO)O[C@@H]5CO)O[C@@H]4CO. The summed E-state index contributed by atoms with van der Waals surface area (Å²) in [5, 5.41) is 216. The lowest BCUT2D eigenvalue weighted by Crippen LogP contribution is -2.68. The summed E-state index contributed by atoms with van der Waals surface area (Å²) in [5.41, 5.74) is 0. The average Bonchev–Trinajstić information content (AvgIpc) is 1.89. The van der Waals surface area contributed by atoms with Crippen LogP contribution in [0.25, 0.3) is 0 Å². The van der Waals surface area contributed by atoms with Gasteiger partial charge >= 0.3 is 0 Å².